The van der Waals surface area contributed by atoms with Crippen molar-refractivity contribution in [3.63, 3.8) is 0 Å². The Balaban J connectivity index is 1.53. The van der Waals surface area contributed by atoms with Crippen molar-refractivity contribution in [1.29, 1.82) is 0 Å². The Bertz CT molecular complexity index is 1140. The second kappa shape index (κ2) is 12.0. The number of thiocarbonyl (C=S) groups is 1. The molecule has 0 aliphatic rings. The molecular weight excluding hydrogens is 526 g/mol. The molecule has 35 heavy (non-hydrogen) atoms. The molecule has 3 aromatic carbocycles. The summed E-state index contributed by atoms with van der Waals surface area (Å²) in [6.45, 7) is 6.14. The van der Waals surface area contributed by atoms with Crippen LogP contribution >= 0.6 is 28.1 Å². The molecule has 0 bridgehead atoms. The average molecular weight is 555 g/mol. The number of halogens is 1. The molecule has 0 saturated carbocycles. The zero-order valence-corrected chi connectivity index (χ0v) is 22.2. The minimum absolute atomic E-state index is 0.00248. The van der Waals surface area contributed by atoms with Crippen LogP contribution in [0.25, 0.3) is 0 Å². The molecule has 3 N–H and O–H groups in total. The van der Waals surface area contributed by atoms with Gasteiger partial charge in [0.25, 0.3) is 5.91 Å². The minimum Gasteiger partial charge on any atom is -0.483 e. The first-order valence-corrected chi connectivity index (χ1v) is 12.3. The smallest absolute Gasteiger partial charge is 0.276 e. The Hall–Kier alpha value is -3.23. The van der Waals surface area contributed by atoms with Crippen molar-refractivity contribution in [2.45, 2.75) is 32.1 Å². The maximum atomic E-state index is 13.1. The number of carbonyl (C=O) groups excluding carboxylic acids is 2. The maximum absolute atomic E-state index is 13.1. The first-order valence-electron chi connectivity index (χ1n) is 11.1. The van der Waals surface area contributed by atoms with E-state index in [1.54, 1.807) is 0 Å². The Morgan fingerprint density at radius 3 is 2.00 bits per heavy atom. The second-order valence-electron chi connectivity index (χ2n) is 8.93. The van der Waals surface area contributed by atoms with Crippen LogP contribution in [0.15, 0.2) is 83.3 Å². The first kappa shape index (κ1) is 26.4. The summed E-state index contributed by atoms with van der Waals surface area (Å²) in [6, 6.07) is 24.6. The van der Waals surface area contributed by atoms with Gasteiger partial charge in [-0.15, -0.1) is 0 Å². The zero-order valence-electron chi connectivity index (χ0n) is 19.8. The predicted octanol–water partition coefficient (Wildman–Crippen LogP) is 4.98. The zero-order chi connectivity index (χ0) is 25.4. The van der Waals surface area contributed by atoms with Crippen LogP contribution in [0.3, 0.4) is 0 Å². The lowest BCUT2D eigenvalue weighted by molar-refractivity contribution is -0.124. The number of nitrogens with one attached hydrogen (secondary N) is 3. The van der Waals surface area contributed by atoms with Crippen molar-refractivity contribution in [2.24, 2.45) is 0 Å². The Labute approximate surface area is 219 Å². The van der Waals surface area contributed by atoms with E-state index >= 15 is 0 Å². The molecular formula is C27H28BrN3O3S. The average Bonchev–Trinajstić information content (AvgIpc) is 2.83. The summed E-state index contributed by atoms with van der Waals surface area (Å²) >= 11 is 8.70. The molecule has 0 unspecified atom stereocenters. The third-order valence-corrected chi connectivity index (χ3v) is 6.06. The summed E-state index contributed by atoms with van der Waals surface area (Å²) < 4.78 is 6.37. The van der Waals surface area contributed by atoms with E-state index in [4.69, 9.17) is 17.0 Å². The molecule has 0 aromatic heterocycles. The summed E-state index contributed by atoms with van der Waals surface area (Å²) in [5.74, 6) is -0.758. The van der Waals surface area contributed by atoms with E-state index in [-0.39, 0.29) is 23.0 Å². The van der Waals surface area contributed by atoms with Crippen molar-refractivity contribution in [1.82, 2.24) is 16.2 Å². The predicted molar refractivity (Wildman–Crippen MR) is 145 cm³/mol. The molecule has 0 aliphatic heterocycles. The van der Waals surface area contributed by atoms with Gasteiger partial charge < -0.3 is 10.1 Å². The quantitative estimate of drug-likeness (QED) is 0.296. The lowest BCUT2D eigenvalue weighted by Gasteiger charge is -2.20. The molecule has 2 amide bonds. The number of ether oxygens (including phenoxy) is 1. The van der Waals surface area contributed by atoms with Crippen molar-refractivity contribution in [3.05, 3.63) is 100 Å². The van der Waals surface area contributed by atoms with Gasteiger partial charge in [0, 0.05) is 0 Å². The third kappa shape index (κ3) is 7.63. The molecule has 182 valence electrons. The van der Waals surface area contributed by atoms with Crippen LogP contribution in [0, 0.1) is 0 Å². The molecule has 0 spiro atoms. The molecule has 3 rings (SSSR count). The fourth-order valence-corrected chi connectivity index (χ4v) is 4.04. The van der Waals surface area contributed by atoms with E-state index in [1.165, 1.54) is 0 Å². The van der Waals surface area contributed by atoms with E-state index in [1.807, 2.05) is 78.9 Å². The number of benzene rings is 3. The van der Waals surface area contributed by atoms with Gasteiger partial charge in [0.2, 0.25) is 5.91 Å². The van der Waals surface area contributed by atoms with Gasteiger partial charge in [-0.25, -0.2) is 0 Å². The first-order chi connectivity index (χ1) is 16.6. The van der Waals surface area contributed by atoms with Crippen molar-refractivity contribution >= 4 is 45.1 Å². The van der Waals surface area contributed by atoms with Crippen LogP contribution in [0.1, 0.15) is 43.4 Å². The van der Waals surface area contributed by atoms with Crippen LogP contribution in [0.5, 0.6) is 5.75 Å². The van der Waals surface area contributed by atoms with Gasteiger partial charge >= 0.3 is 0 Å². The topological polar surface area (TPSA) is 79.5 Å². The molecule has 0 fully saturated rings. The van der Waals surface area contributed by atoms with Gasteiger partial charge in [-0.1, -0.05) is 87.5 Å². The van der Waals surface area contributed by atoms with Crippen LogP contribution < -0.4 is 20.9 Å². The Morgan fingerprint density at radius 2 is 1.49 bits per heavy atom. The number of carbonyl (C=O) groups is 2. The van der Waals surface area contributed by atoms with Crippen LogP contribution in [0.2, 0.25) is 0 Å². The number of hydrazine groups is 1. The van der Waals surface area contributed by atoms with Crippen LogP contribution in [0.4, 0.5) is 0 Å². The molecule has 3 aromatic rings. The third-order valence-electron chi connectivity index (χ3n) is 5.24. The number of amides is 2. The number of hydrogen-bond acceptors (Lipinski definition) is 4. The fraction of sp³-hybridized carbons (Fsp3) is 0.222. The van der Waals surface area contributed by atoms with Gasteiger partial charge in [-0.3, -0.25) is 20.4 Å². The lowest BCUT2D eigenvalue weighted by Crippen LogP contribution is -2.50. The molecule has 0 atom stereocenters. The fourth-order valence-electron chi connectivity index (χ4n) is 3.39. The Morgan fingerprint density at radius 1 is 0.914 bits per heavy atom. The van der Waals surface area contributed by atoms with Crippen LogP contribution in [-0.2, 0) is 15.0 Å². The summed E-state index contributed by atoms with van der Waals surface area (Å²) in [4.78, 5) is 25.3. The van der Waals surface area contributed by atoms with Gasteiger partial charge in [0.1, 0.15) is 5.75 Å². The highest BCUT2D eigenvalue weighted by Gasteiger charge is 2.23. The molecule has 0 radical (unpaired) electrons. The summed E-state index contributed by atoms with van der Waals surface area (Å²) in [5, 5.41) is 2.64. The van der Waals surface area contributed by atoms with Gasteiger partial charge in [-0.2, -0.15) is 0 Å². The van der Waals surface area contributed by atoms with E-state index in [9.17, 15) is 9.59 Å². The van der Waals surface area contributed by atoms with Gasteiger partial charge in [-0.05, 0) is 62.4 Å². The normalized spacial score (nSPS) is 11.0. The highest BCUT2D eigenvalue weighted by molar-refractivity contribution is 9.10. The maximum Gasteiger partial charge on any atom is 0.276 e. The van der Waals surface area contributed by atoms with E-state index in [2.05, 4.69) is 52.9 Å². The van der Waals surface area contributed by atoms with E-state index in [0.717, 1.165) is 21.2 Å². The second-order valence-corrected chi connectivity index (χ2v) is 10.2. The lowest BCUT2D eigenvalue weighted by atomic mass is 9.87. The molecule has 6 nitrogen and oxygen atoms in total. The number of rotatable bonds is 6. The molecule has 0 aliphatic carbocycles. The molecule has 8 heteroatoms. The van der Waals surface area contributed by atoms with Crippen LogP contribution in [-0.4, -0.2) is 23.5 Å². The van der Waals surface area contributed by atoms with Crippen molar-refractivity contribution in [3.8, 4) is 5.75 Å². The van der Waals surface area contributed by atoms with E-state index < -0.39 is 11.8 Å². The SMILES string of the molecule is CC(C)(C)c1ccc(OCC(=O)NNC(=S)NC(=O)C(c2ccccc2)c2ccccc2)c(Br)c1. The van der Waals surface area contributed by atoms with Crippen molar-refractivity contribution < 1.29 is 14.3 Å². The van der Waals surface area contributed by atoms with Gasteiger partial charge in [0.15, 0.2) is 11.7 Å². The standard InChI is InChI=1S/C27H28BrN3O3S/c1-27(2,3)20-14-15-22(21(28)16-20)34-17-23(32)30-31-26(35)29-25(33)24(18-10-6-4-7-11-18)19-12-8-5-9-13-19/h4-16,24H,17H2,1-3H3,(H,30,32)(H2,29,31,33,35). The largest absolute Gasteiger partial charge is 0.483 e. The minimum atomic E-state index is -0.551. The van der Waals surface area contributed by atoms with E-state index in [0.29, 0.717) is 5.75 Å². The summed E-state index contributed by atoms with van der Waals surface area (Å²) in [5.41, 5.74) is 7.82. The highest BCUT2D eigenvalue weighted by Crippen LogP contribution is 2.31. The monoisotopic (exact) mass is 553 g/mol. The molecule has 0 heterocycles. The summed E-state index contributed by atoms with van der Waals surface area (Å²) in [6.07, 6.45) is 0. The number of hydrogen-bond donors (Lipinski definition) is 3. The molecule has 0 saturated heterocycles. The van der Waals surface area contributed by atoms with Crippen molar-refractivity contribution in [2.75, 3.05) is 6.61 Å². The van der Waals surface area contributed by atoms with Gasteiger partial charge in [0.05, 0.1) is 10.4 Å². The highest BCUT2D eigenvalue weighted by atomic mass is 79.9. The summed E-state index contributed by atoms with van der Waals surface area (Å²) in [7, 11) is 0. The Kier molecular flexibility index (Phi) is 9.01.